The van der Waals surface area contributed by atoms with Crippen molar-refractivity contribution in [3.8, 4) is 11.4 Å². The number of methoxy groups -OCH3 is 1. The Hall–Kier alpha value is -3.19. The molecule has 2 heterocycles. The fourth-order valence-electron chi connectivity index (χ4n) is 3.80. The Morgan fingerprint density at radius 2 is 1.97 bits per heavy atom. The van der Waals surface area contributed by atoms with Gasteiger partial charge in [-0.3, -0.25) is 14.4 Å². The largest absolute Gasteiger partial charge is 0.497 e. The highest BCUT2D eigenvalue weighted by molar-refractivity contribution is 6.30. The summed E-state index contributed by atoms with van der Waals surface area (Å²) in [5.74, 6) is 0.182. The molecule has 0 fully saturated rings. The van der Waals surface area contributed by atoms with Crippen LogP contribution in [-0.4, -0.2) is 38.7 Å². The molecule has 7 nitrogen and oxygen atoms in total. The fraction of sp³-hybridized carbons (Fsp3) is 0.273. The van der Waals surface area contributed by atoms with Crippen LogP contribution in [0.2, 0.25) is 5.02 Å². The van der Waals surface area contributed by atoms with E-state index in [4.69, 9.17) is 21.3 Å². The number of aliphatic imine (C=N–C) groups is 1. The second-order valence-electron chi connectivity index (χ2n) is 7.11. The zero-order valence-electron chi connectivity index (χ0n) is 16.8. The number of carboxylic acid groups (broad SMARTS) is 1. The van der Waals surface area contributed by atoms with Crippen molar-refractivity contribution in [2.24, 2.45) is 10.9 Å². The van der Waals surface area contributed by atoms with Crippen LogP contribution < -0.4 is 4.74 Å². The van der Waals surface area contributed by atoms with Crippen molar-refractivity contribution in [2.75, 3.05) is 7.11 Å². The minimum atomic E-state index is -0.919. The van der Waals surface area contributed by atoms with E-state index in [0.29, 0.717) is 34.6 Å². The topological polar surface area (TPSA) is 89.6 Å². The molecule has 8 heteroatoms. The lowest BCUT2D eigenvalue weighted by atomic mass is 9.96. The summed E-state index contributed by atoms with van der Waals surface area (Å²) >= 11 is 6.09. The molecule has 1 aromatic heterocycles. The first kappa shape index (κ1) is 20.1. The molecule has 1 N–H and O–H groups in total. The van der Waals surface area contributed by atoms with Crippen LogP contribution in [-0.2, 0) is 4.79 Å². The summed E-state index contributed by atoms with van der Waals surface area (Å²) in [5.41, 5.74) is 3.12. The molecule has 0 saturated carbocycles. The molecule has 1 unspecified atom stereocenters. The van der Waals surface area contributed by atoms with E-state index in [-0.39, 0.29) is 0 Å². The average Bonchev–Trinajstić information content (AvgIpc) is 3.05. The maximum absolute atomic E-state index is 12.1. The second-order valence-corrected chi connectivity index (χ2v) is 7.54. The molecular weight excluding hydrogens is 404 g/mol. The molecule has 154 valence electrons. The van der Waals surface area contributed by atoms with E-state index in [2.05, 4.69) is 10.2 Å². The zero-order chi connectivity index (χ0) is 21.4. The van der Waals surface area contributed by atoms with E-state index >= 15 is 0 Å². The standard InChI is InChI=1S/C22H21ClN4O3/c1-4-16(22(28)29)20-21-26-25-12(2)27(21)18-10-9-15(30-3)11-17(18)19(24-20)13-5-7-14(23)8-6-13/h5-11,16,20H,4H2,1-3H3,(H,28,29)/t16?,20-/m0/s1. The van der Waals surface area contributed by atoms with Gasteiger partial charge >= 0.3 is 5.97 Å². The van der Waals surface area contributed by atoms with E-state index < -0.39 is 17.9 Å². The number of benzene rings is 2. The molecule has 1 aliphatic rings. The van der Waals surface area contributed by atoms with Crippen molar-refractivity contribution in [3.63, 3.8) is 0 Å². The molecule has 0 saturated heterocycles. The monoisotopic (exact) mass is 424 g/mol. The summed E-state index contributed by atoms with van der Waals surface area (Å²) in [6.07, 6.45) is 0.406. The molecule has 0 amide bonds. The van der Waals surface area contributed by atoms with Gasteiger partial charge in [-0.1, -0.05) is 30.7 Å². The van der Waals surface area contributed by atoms with E-state index in [0.717, 1.165) is 16.8 Å². The minimum absolute atomic E-state index is 0.406. The minimum Gasteiger partial charge on any atom is -0.497 e. The summed E-state index contributed by atoms with van der Waals surface area (Å²) < 4.78 is 7.33. The van der Waals surface area contributed by atoms with Crippen molar-refractivity contribution >= 4 is 23.3 Å². The smallest absolute Gasteiger partial charge is 0.309 e. The number of carbonyl (C=O) groups is 1. The first-order chi connectivity index (χ1) is 14.4. The van der Waals surface area contributed by atoms with Gasteiger partial charge in [0.1, 0.15) is 17.6 Å². The molecule has 0 radical (unpaired) electrons. The van der Waals surface area contributed by atoms with Gasteiger partial charge in [0.05, 0.1) is 24.4 Å². The van der Waals surface area contributed by atoms with Crippen LogP contribution in [0.15, 0.2) is 47.5 Å². The molecule has 30 heavy (non-hydrogen) atoms. The van der Waals surface area contributed by atoms with Crippen LogP contribution in [0.5, 0.6) is 5.75 Å². The molecule has 1 aliphatic heterocycles. The van der Waals surface area contributed by atoms with Crippen molar-refractivity contribution < 1.29 is 14.6 Å². The third kappa shape index (κ3) is 3.35. The SMILES string of the molecule is CCC(C(=O)O)[C@@H]1N=C(c2ccc(Cl)cc2)c2cc(OC)ccc2-n2c(C)nnc21. The second kappa shape index (κ2) is 7.91. The molecule has 3 aromatic rings. The van der Waals surface area contributed by atoms with Crippen molar-refractivity contribution in [1.82, 2.24) is 14.8 Å². The predicted molar refractivity (Wildman–Crippen MR) is 114 cm³/mol. The number of hydrogen-bond donors (Lipinski definition) is 1. The summed E-state index contributed by atoms with van der Waals surface area (Å²) in [6.45, 7) is 3.68. The lowest BCUT2D eigenvalue weighted by Crippen LogP contribution is -2.23. The highest BCUT2D eigenvalue weighted by Crippen LogP contribution is 2.37. The molecule has 0 bridgehead atoms. The van der Waals surface area contributed by atoms with Crippen molar-refractivity contribution in [1.29, 1.82) is 0 Å². The van der Waals surface area contributed by atoms with Gasteiger partial charge in [-0.25, -0.2) is 0 Å². The van der Waals surface area contributed by atoms with Gasteiger partial charge in [-0.15, -0.1) is 10.2 Å². The maximum Gasteiger partial charge on any atom is 0.309 e. The van der Waals surface area contributed by atoms with E-state index in [1.54, 1.807) is 19.2 Å². The Balaban J connectivity index is 2.05. The van der Waals surface area contributed by atoms with Crippen molar-refractivity contribution in [2.45, 2.75) is 26.3 Å². The van der Waals surface area contributed by atoms with Crippen LogP contribution in [0, 0.1) is 12.8 Å². The van der Waals surface area contributed by atoms with Crippen LogP contribution >= 0.6 is 11.6 Å². The number of carboxylic acids is 1. The van der Waals surface area contributed by atoms with Crippen LogP contribution in [0.4, 0.5) is 0 Å². The Bertz CT molecular complexity index is 1140. The molecular formula is C22H21ClN4O3. The number of aliphatic carboxylic acids is 1. The lowest BCUT2D eigenvalue weighted by molar-refractivity contribution is -0.142. The van der Waals surface area contributed by atoms with Gasteiger partial charge in [-0.05, 0) is 43.7 Å². The molecule has 4 rings (SSSR count). The number of aryl methyl sites for hydroxylation is 1. The summed E-state index contributed by atoms with van der Waals surface area (Å²) in [7, 11) is 1.60. The fourth-order valence-corrected chi connectivity index (χ4v) is 3.93. The summed E-state index contributed by atoms with van der Waals surface area (Å²) in [4.78, 5) is 17.0. The highest BCUT2D eigenvalue weighted by Gasteiger charge is 2.36. The van der Waals surface area contributed by atoms with E-state index in [1.165, 1.54) is 0 Å². The van der Waals surface area contributed by atoms with Crippen LogP contribution in [0.1, 0.15) is 42.2 Å². The molecule has 2 atom stereocenters. The first-order valence-electron chi connectivity index (χ1n) is 9.61. The normalized spacial score (nSPS) is 16.1. The Kier molecular flexibility index (Phi) is 5.30. The molecule has 2 aromatic carbocycles. The highest BCUT2D eigenvalue weighted by atomic mass is 35.5. The summed E-state index contributed by atoms with van der Waals surface area (Å²) in [5, 5.41) is 19.0. The number of aromatic nitrogens is 3. The summed E-state index contributed by atoms with van der Waals surface area (Å²) in [6, 6.07) is 12.3. The Morgan fingerprint density at radius 3 is 2.60 bits per heavy atom. The third-order valence-corrected chi connectivity index (χ3v) is 5.59. The van der Waals surface area contributed by atoms with E-state index in [1.807, 2.05) is 48.7 Å². The maximum atomic E-state index is 12.1. The number of fused-ring (bicyclic) bond motifs is 3. The van der Waals surface area contributed by atoms with Gasteiger partial charge in [0.25, 0.3) is 0 Å². The third-order valence-electron chi connectivity index (χ3n) is 5.34. The van der Waals surface area contributed by atoms with Gasteiger partial charge in [0.2, 0.25) is 0 Å². The van der Waals surface area contributed by atoms with Gasteiger partial charge in [0.15, 0.2) is 5.82 Å². The quantitative estimate of drug-likeness (QED) is 0.661. The van der Waals surface area contributed by atoms with Gasteiger partial charge in [-0.2, -0.15) is 0 Å². The number of halogens is 1. The number of hydrogen-bond acceptors (Lipinski definition) is 5. The Morgan fingerprint density at radius 1 is 1.23 bits per heavy atom. The average molecular weight is 425 g/mol. The Labute approximate surface area is 179 Å². The van der Waals surface area contributed by atoms with Crippen LogP contribution in [0.3, 0.4) is 0 Å². The molecule has 0 spiro atoms. The van der Waals surface area contributed by atoms with Gasteiger partial charge in [0, 0.05) is 16.1 Å². The van der Waals surface area contributed by atoms with Crippen molar-refractivity contribution in [3.05, 3.63) is 70.3 Å². The number of rotatable bonds is 5. The van der Waals surface area contributed by atoms with E-state index in [9.17, 15) is 9.90 Å². The van der Waals surface area contributed by atoms with Crippen LogP contribution in [0.25, 0.3) is 5.69 Å². The molecule has 0 aliphatic carbocycles. The zero-order valence-corrected chi connectivity index (χ0v) is 17.6. The van der Waals surface area contributed by atoms with Gasteiger partial charge < -0.3 is 9.84 Å². The number of nitrogens with zero attached hydrogens (tertiary/aromatic N) is 4. The lowest BCUT2D eigenvalue weighted by Gasteiger charge is -2.18. The predicted octanol–water partition coefficient (Wildman–Crippen LogP) is 4.24. The first-order valence-corrected chi connectivity index (χ1v) is 9.99. The number of ether oxygens (including phenoxy) is 1.